The lowest BCUT2D eigenvalue weighted by atomic mass is 9.82. The summed E-state index contributed by atoms with van der Waals surface area (Å²) in [6.45, 7) is 3.58. The quantitative estimate of drug-likeness (QED) is 0.776. The molecule has 3 N–H and O–H groups in total. The van der Waals surface area contributed by atoms with Crippen LogP contribution in [0, 0.1) is 12.8 Å². The molecule has 0 heterocycles. The zero-order valence-corrected chi connectivity index (χ0v) is 15.6. The first-order valence-corrected chi connectivity index (χ1v) is 9.26. The molecule has 2 atom stereocenters. The van der Waals surface area contributed by atoms with Gasteiger partial charge in [0, 0.05) is 17.5 Å². The number of benzene rings is 1. The molecular formula is C19H27ClN2O3. The summed E-state index contributed by atoms with van der Waals surface area (Å²) in [5.41, 5.74) is 6.24. The molecule has 2 rings (SSSR count). The predicted octanol–water partition coefficient (Wildman–Crippen LogP) is 3.36. The zero-order chi connectivity index (χ0) is 18.4. The van der Waals surface area contributed by atoms with Crippen molar-refractivity contribution in [1.29, 1.82) is 0 Å². The third-order valence-electron chi connectivity index (χ3n) is 4.78. The second-order valence-electron chi connectivity index (χ2n) is 6.85. The molecule has 0 aliphatic heterocycles. The summed E-state index contributed by atoms with van der Waals surface area (Å²) in [6, 6.07) is 5.05. The lowest BCUT2D eigenvalue weighted by molar-refractivity contribution is -0.129. The van der Waals surface area contributed by atoms with Crippen LogP contribution in [0.5, 0.6) is 5.75 Å². The molecule has 25 heavy (non-hydrogen) atoms. The molecule has 0 bridgehead atoms. The van der Waals surface area contributed by atoms with Crippen LogP contribution in [0.15, 0.2) is 18.2 Å². The monoisotopic (exact) mass is 366 g/mol. The molecule has 0 unspecified atom stereocenters. The van der Waals surface area contributed by atoms with Gasteiger partial charge in [-0.15, -0.1) is 0 Å². The topological polar surface area (TPSA) is 81.4 Å². The number of hydrogen-bond acceptors (Lipinski definition) is 3. The fourth-order valence-electron chi connectivity index (χ4n) is 3.38. The standard InChI is InChI=1S/C19H27ClN2O3/c1-12-10-15(20)8-9-17(12)25-13(2)19(24)22-16(11-18(21)23)14-6-4-3-5-7-14/h8-10,13-14,16H,3-7,11H2,1-2H3,(H2,21,23)(H,22,24)/t13-,16+/m1/s1. The lowest BCUT2D eigenvalue weighted by Crippen LogP contribution is -2.48. The molecule has 0 saturated heterocycles. The van der Waals surface area contributed by atoms with Gasteiger partial charge in [0.15, 0.2) is 6.10 Å². The third kappa shape index (κ3) is 5.92. The summed E-state index contributed by atoms with van der Waals surface area (Å²) >= 11 is 5.94. The number of amides is 2. The Hall–Kier alpha value is -1.75. The van der Waals surface area contributed by atoms with Gasteiger partial charge in [0.25, 0.3) is 5.91 Å². The van der Waals surface area contributed by atoms with Crippen LogP contribution in [0.4, 0.5) is 0 Å². The van der Waals surface area contributed by atoms with Gasteiger partial charge in [0.2, 0.25) is 5.91 Å². The first-order chi connectivity index (χ1) is 11.9. The molecule has 1 aromatic rings. The van der Waals surface area contributed by atoms with E-state index in [9.17, 15) is 9.59 Å². The predicted molar refractivity (Wildman–Crippen MR) is 98.6 cm³/mol. The number of nitrogens with one attached hydrogen (secondary N) is 1. The molecular weight excluding hydrogens is 340 g/mol. The summed E-state index contributed by atoms with van der Waals surface area (Å²) in [4.78, 5) is 23.9. The van der Waals surface area contributed by atoms with Gasteiger partial charge in [-0.2, -0.15) is 0 Å². The average molecular weight is 367 g/mol. The number of halogens is 1. The van der Waals surface area contributed by atoms with Crippen LogP contribution in [0.2, 0.25) is 5.02 Å². The molecule has 1 aliphatic rings. The summed E-state index contributed by atoms with van der Waals surface area (Å²) < 4.78 is 5.77. The maximum atomic E-state index is 12.5. The van der Waals surface area contributed by atoms with Crippen molar-refractivity contribution in [3.8, 4) is 5.75 Å². The maximum absolute atomic E-state index is 12.5. The largest absolute Gasteiger partial charge is 0.481 e. The molecule has 1 fully saturated rings. The number of nitrogens with two attached hydrogens (primary N) is 1. The molecule has 0 spiro atoms. The molecule has 138 valence electrons. The number of carbonyl (C=O) groups excluding carboxylic acids is 2. The second kappa shape index (κ2) is 9.09. The summed E-state index contributed by atoms with van der Waals surface area (Å²) in [7, 11) is 0. The molecule has 1 saturated carbocycles. The van der Waals surface area contributed by atoms with Crippen LogP contribution in [0.1, 0.15) is 51.0 Å². The lowest BCUT2D eigenvalue weighted by Gasteiger charge is -2.31. The van der Waals surface area contributed by atoms with Gasteiger partial charge >= 0.3 is 0 Å². The second-order valence-corrected chi connectivity index (χ2v) is 7.29. The van der Waals surface area contributed by atoms with Crippen LogP contribution < -0.4 is 15.8 Å². The van der Waals surface area contributed by atoms with Crippen LogP contribution >= 0.6 is 11.6 Å². The highest BCUT2D eigenvalue weighted by Gasteiger charge is 2.28. The minimum absolute atomic E-state index is 0.170. The van der Waals surface area contributed by atoms with Crippen molar-refractivity contribution < 1.29 is 14.3 Å². The van der Waals surface area contributed by atoms with Gasteiger partial charge in [-0.1, -0.05) is 30.9 Å². The molecule has 1 aliphatic carbocycles. The number of primary amides is 1. The number of carbonyl (C=O) groups is 2. The Morgan fingerprint density at radius 3 is 2.60 bits per heavy atom. The van der Waals surface area contributed by atoms with Gasteiger partial charge in [-0.25, -0.2) is 0 Å². The summed E-state index contributed by atoms with van der Waals surface area (Å²) in [6.07, 6.45) is 5.01. The SMILES string of the molecule is Cc1cc(Cl)ccc1O[C@H](C)C(=O)N[C@@H](CC(N)=O)C1CCCCC1. The maximum Gasteiger partial charge on any atom is 0.261 e. The highest BCUT2D eigenvalue weighted by atomic mass is 35.5. The zero-order valence-electron chi connectivity index (χ0n) is 14.9. The van der Waals surface area contributed by atoms with E-state index in [2.05, 4.69) is 5.32 Å². The van der Waals surface area contributed by atoms with Gasteiger partial charge < -0.3 is 15.8 Å². The Morgan fingerprint density at radius 1 is 1.32 bits per heavy atom. The fourth-order valence-corrected chi connectivity index (χ4v) is 3.60. The van der Waals surface area contributed by atoms with Crippen molar-refractivity contribution in [1.82, 2.24) is 5.32 Å². The van der Waals surface area contributed by atoms with E-state index in [1.54, 1.807) is 25.1 Å². The van der Waals surface area contributed by atoms with E-state index in [-0.39, 0.29) is 18.4 Å². The minimum Gasteiger partial charge on any atom is -0.481 e. The van der Waals surface area contributed by atoms with Gasteiger partial charge in [0.05, 0.1) is 0 Å². The molecule has 6 heteroatoms. The average Bonchev–Trinajstić information content (AvgIpc) is 2.57. The van der Waals surface area contributed by atoms with Crippen molar-refractivity contribution in [2.24, 2.45) is 11.7 Å². The van der Waals surface area contributed by atoms with Gasteiger partial charge in [0.1, 0.15) is 5.75 Å². The van der Waals surface area contributed by atoms with Crippen molar-refractivity contribution in [3.63, 3.8) is 0 Å². The molecule has 5 nitrogen and oxygen atoms in total. The van der Waals surface area contributed by atoms with Crippen molar-refractivity contribution in [2.45, 2.75) is 64.5 Å². The Morgan fingerprint density at radius 2 is 2.00 bits per heavy atom. The van der Waals surface area contributed by atoms with E-state index in [1.165, 1.54) is 6.42 Å². The van der Waals surface area contributed by atoms with E-state index in [1.807, 2.05) is 6.92 Å². The first kappa shape index (κ1) is 19.6. The van der Waals surface area contributed by atoms with Crippen LogP contribution in [0.3, 0.4) is 0 Å². The molecule has 0 aromatic heterocycles. The number of hydrogen-bond donors (Lipinski definition) is 2. The van der Waals surface area contributed by atoms with E-state index in [0.717, 1.165) is 31.2 Å². The van der Waals surface area contributed by atoms with Gasteiger partial charge in [-0.3, -0.25) is 9.59 Å². The van der Waals surface area contributed by atoms with Crippen molar-refractivity contribution in [3.05, 3.63) is 28.8 Å². The Labute approximate surface area is 154 Å². The van der Waals surface area contributed by atoms with Crippen molar-refractivity contribution >= 4 is 23.4 Å². The summed E-state index contributed by atoms with van der Waals surface area (Å²) in [5.74, 6) is 0.301. The number of aryl methyl sites for hydroxylation is 1. The molecule has 1 aromatic carbocycles. The van der Waals surface area contributed by atoms with Gasteiger partial charge in [-0.05, 0) is 56.4 Å². The van der Waals surface area contributed by atoms with E-state index in [4.69, 9.17) is 22.1 Å². The smallest absolute Gasteiger partial charge is 0.261 e. The highest BCUT2D eigenvalue weighted by molar-refractivity contribution is 6.30. The van der Waals surface area contributed by atoms with E-state index in [0.29, 0.717) is 16.7 Å². The Balaban J connectivity index is 1.99. The molecule has 0 radical (unpaired) electrons. The Kier molecular flexibility index (Phi) is 7.12. The number of ether oxygens (including phenoxy) is 1. The third-order valence-corrected chi connectivity index (χ3v) is 5.01. The normalized spacial score (nSPS) is 17.6. The van der Waals surface area contributed by atoms with E-state index < -0.39 is 12.0 Å². The fraction of sp³-hybridized carbons (Fsp3) is 0.579. The van der Waals surface area contributed by atoms with Crippen molar-refractivity contribution in [2.75, 3.05) is 0 Å². The number of rotatable bonds is 7. The molecule has 2 amide bonds. The van der Waals surface area contributed by atoms with Crippen LogP contribution in [0.25, 0.3) is 0 Å². The van der Waals surface area contributed by atoms with E-state index >= 15 is 0 Å². The van der Waals surface area contributed by atoms with Crippen LogP contribution in [-0.4, -0.2) is 24.0 Å². The summed E-state index contributed by atoms with van der Waals surface area (Å²) in [5, 5.41) is 3.60. The van der Waals surface area contributed by atoms with Crippen LogP contribution in [-0.2, 0) is 9.59 Å². The first-order valence-electron chi connectivity index (χ1n) is 8.88. The highest BCUT2D eigenvalue weighted by Crippen LogP contribution is 2.28. The Bertz CT molecular complexity index is 615. The minimum atomic E-state index is -0.668.